The van der Waals surface area contributed by atoms with Crippen molar-refractivity contribution in [3.8, 4) is 16.9 Å². The van der Waals surface area contributed by atoms with Crippen LogP contribution in [0.1, 0.15) is 37.7 Å². The smallest absolute Gasteiger partial charge is 0.225 e. The van der Waals surface area contributed by atoms with Crippen LogP contribution in [0.4, 0.5) is 0 Å². The Kier molecular flexibility index (Phi) is 6.90. The predicted octanol–water partition coefficient (Wildman–Crippen LogP) is 4.06. The quantitative estimate of drug-likeness (QED) is 0.767. The summed E-state index contributed by atoms with van der Waals surface area (Å²) in [5.74, 6) is 1.31. The minimum atomic E-state index is -0.258. The van der Waals surface area contributed by atoms with Crippen molar-refractivity contribution in [1.29, 1.82) is 0 Å². The lowest BCUT2D eigenvalue weighted by atomic mass is 9.91. The molecule has 1 heterocycles. The summed E-state index contributed by atoms with van der Waals surface area (Å²) in [5.41, 5.74) is 3.18. The summed E-state index contributed by atoms with van der Waals surface area (Å²) in [6.07, 6.45) is 6.01. The lowest BCUT2D eigenvalue weighted by molar-refractivity contribution is -0.133. The lowest BCUT2D eigenvalue weighted by Crippen LogP contribution is -2.38. The number of carbonyl (C=O) groups excluding carboxylic acids is 2. The Morgan fingerprint density at radius 2 is 1.77 bits per heavy atom. The molecule has 1 aliphatic carbocycles. The second-order valence-corrected chi connectivity index (χ2v) is 8.74. The van der Waals surface area contributed by atoms with Gasteiger partial charge >= 0.3 is 0 Å². The second kappa shape index (κ2) is 9.99. The van der Waals surface area contributed by atoms with Gasteiger partial charge in [0.05, 0.1) is 13.0 Å². The Labute approximate surface area is 184 Å². The number of para-hydroxylation sites is 1. The molecule has 31 heavy (non-hydrogen) atoms. The van der Waals surface area contributed by atoms with Crippen LogP contribution < -0.4 is 10.1 Å². The highest BCUT2D eigenvalue weighted by atomic mass is 16.5. The average Bonchev–Trinajstić information content (AvgIpc) is 3.23. The van der Waals surface area contributed by atoms with Crippen molar-refractivity contribution in [1.82, 2.24) is 10.2 Å². The molecule has 1 N–H and O–H groups in total. The van der Waals surface area contributed by atoms with E-state index < -0.39 is 0 Å². The molecule has 5 heteroatoms. The fourth-order valence-electron chi connectivity index (χ4n) is 4.97. The van der Waals surface area contributed by atoms with Crippen molar-refractivity contribution in [2.75, 3.05) is 26.7 Å². The highest BCUT2D eigenvalue weighted by molar-refractivity contribution is 5.83. The van der Waals surface area contributed by atoms with Crippen LogP contribution in [0, 0.1) is 11.8 Å². The molecule has 2 aromatic carbocycles. The molecule has 0 spiro atoms. The molecule has 1 saturated carbocycles. The summed E-state index contributed by atoms with van der Waals surface area (Å²) in [6.45, 7) is 1.61. The molecule has 2 fully saturated rings. The number of hydrogen-bond acceptors (Lipinski definition) is 3. The number of hydrogen-bond donors (Lipinski definition) is 1. The molecule has 1 aliphatic heterocycles. The zero-order chi connectivity index (χ0) is 21.6. The molecule has 5 nitrogen and oxygen atoms in total. The zero-order valence-corrected chi connectivity index (χ0v) is 18.3. The van der Waals surface area contributed by atoms with E-state index >= 15 is 0 Å². The predicted molar refractivity (Wildman–Crippen MR) is 122 cm³/mol. The van der Waals surface area contributed by atoms with Crippen molar-refractivity contribution < 1.29 is 14.3 Å². The third-order valence-corrected chi connectivity index (χ3v) is 6.66. The molecular formula is C26H32N2O3. The topological polar surface area (TPSA) is 58.6 Å². The van der Waals surface area contributed by atoms with Gasteiger partial charge in [-0.05, 0) is 42.4 Å². The van der Waals surface area contributed by atoms with Gasteiger partial charge in [0.25, 0.3) is 0 Å². The maximum atomic E-state index is 13.0. The molecule has 1 unspecified atom stereocenters. The normalized spacial score (nSPS) is 19.7. The van der Waals surface area contributed by atoms with Crippen molar-refractivity contribution >= 4 is 11.8 Å². The third kappa shape index (κ3) is 5.09. The largest absolute Gasteiger partial charge is 0.496 e. The summed E-state index contributed by atoms with van der Waals surface area (Å²) >= 11 is 0. The first-order chi connectivity index (χ1) is 15.2. The minimum absolute atomic E-state index is 0.0333. The molecule has 0 radical (unpaired) electrons. The molecule has 0 bridgehead atoms. The first-order valence-corrected chi connectivity index (χ1v) is 11.4. The Morgan fingerprint density at radius 3 is 2.55 bits per heavy atom. The zero-order valence-electron chi connectivity index (χ0n) is 18.3. The van der Waals surface area contributed by atoms with Crippen LogP contribution in [0.5, 0.6) is 5.75 Å². The Morgan fingerprint density at radius 1 is 1.06 bits per heavy atom. The summed E-state index contributed by atoms with van der Waals surface area (Å²) < 4.78 is 5.57. The number of methoxy groups -OCH3 is 1. The van der Waals surface area contributed by atoms with Gasteiger partial charge in [-0.2, -0.15) is 0 Å². The summed E-state index contributed by atoms with van der Waals surface area (Å²) in [6, 6.07) is 16.1. The van der Waals surface area contributed by atoms with E-state index in [1.807, 2.05) is 41.3 Å². The van der Waals surface area contributed by atoms with Gasteiger partial charge in [-0.1, -0.05) is 55.3 Å². The van der Waals surface area contributed by atoms with E-state index in [-0.39, 0.29) is 17.7 Å². The van der Waals surface area contributed by atoms with Gasteiger partial charge in [0.2, 0.25) is 11.8 Å². The first kappa shape index (κ1) is 21.4. The maximum absolute atomic E-state index is 13.0. The number of carbonyl (C=O) groups is 2. The van der Waals surface area contributed by atoms with Crippen LogP contribution in [0.15, 0.2) is 48.5 Å². The fraction of sp³-hybridized carbons (Fsp3) is 0.462. The van der Waals surface area contributed by atoms with Gasteiger partial charge in [0.15, 0.2) is 0 Å². The van der Waals surface area contributed by atoms with Crippen LogP contribution in [-0.2, 0) is 16.0 Å². The molecule has 2 aliphatic rings. The standard InChI is InChI=1S/C26H32N2O3/c1-31-24-13-7-6-12-23(24)22-11-5-4-10-20(22)17-21-18-28(15-14-27-26(21)30)25(29)16-19-8-2-3-9-19/h4-7,10-13,19,21H,2-3,8-9,14-18H2,1H3,(H,27,30). The number of benzene rings is 2. The molecule has 1 saturated heterocycles. The highest BCUT2D eigenvalue weighted by Crippen LogP contribution is 2.33. The monoisotopic (exact) mass is 420 g/mol. The molecule has 2 amide bonds. The van der Waals surface area contributed by atoms with E-state index in [0.717, 1.165) is 35.3 Å². The number of ether oxygens (including phenoxy) is 1. The SMILES string of the molecule is COc1ccccc1-c1ccccc1CC1CN(C(=O)CC2CCCC2)CCNC1=O. The molecular weight excluding hydrogens is 388 g/mol. The van der Waals surface area contributed by atoms with Crippen molar-refractivity contribution in [2.45, 2.75) is 38.5 Å². The summed E-state index contributed by atoms with van der Waals surface area (Å²) in [7, 11) is 1.67. The van der Waals surface area contributed by atoms with Crippen LogP contribution in [0.3, 0.4) is 0 Å². The molecule has 4 rings (SSSR count). The lowest BCUT2D eigenvalue weighted by Gasteiger charge is -2.25. The molecule has 2 aromatic rings. The van der Waals surface area contributed by atoms with Gasteiger partial charge in [-0.25, -0.2) is 0 Å². The molecule has 0 aromatic heterocycles. The van der Waals surface area contributed by atoms with E-state index in [1.165, 1.54) is 12.8 Å². The summed E-state index contributed by atoms with van der Waals surface area (Å²) in [4.78, 5) is 27.7. The Bertz CT molecular complexity index is 920. The second-order valence-electron chi connectivity index (χ2n) is 8.74. The van der Waals surface area contributed by atoms with E-state index in [9.17, 15) is 9.59 Å². The van der Waals surface area contributed by atoms with Crippen LogP contribution in [0.25, 0.3) is 11.1 Å². The van der Waals surface area contributed by atoms with Gasteiger partial charge < -0.3 is 15.0 Å². The van der Waals surface area contributed by atoms with Crippen molar-refractivity contribution in [3.05, 3.63) is 54.1 Å². The molecule has 1 atom stereocenters. The average molecular weight is 421 g/mol. The van der Waals surface area contributed by atoms with Crippen molar-refractivity contribution in [2.24, 2.45) is 11.8 Å². The van der Waals surface area contributed by atoms with E-state index in [0.29, 0.717) is 38.4 Å². The van der Waals surface area contributed by atoms with Crippen LogP contribution in [0.2, 0.25) is 0 Å². The van der Waals surface area contributed by atoms with E-state index in [2.05, 4.69) is 17.4 Å². The van der Waals surface area contributed by atoms with Gasteiger partial charge in [0, 0.05) is 31.6 Å². The number of rotatable bonds is 6. The van der Waals surface area contributed by atoms with E-state index in [4.69, 9.17) is 4.74 Å². The van der Waals surface area contributed by atoms with Crippen LogP contribution >= 0.6 is 0 Å². The maximum Gasteiger partial charge on any atom is 0.225 e. The number of amides is 2. The highest BCUT2D eigenvalue weighted by Gasteiger charge is 2.30. The minimum Gasteiger partial charge on any atom is -0.496 e. The first-order valence-electron chi connectivity index (χ1n) is 11.4. The summed E-state index contributed by atoms with van der Waals surface area (Å²) in [5, 5.41) is 3.02. The third-order valence-electron chi connectivity index (χ3n) is 6.66. The van der Waals surface area contributed by atoms with Gasteiger partial charge in [-0.15, -0.1) is 0 Å². The Balaban J connectivity index is 1.53. The fourth-order valence-corrected chi connectivity index (χ4v) is 4.97. The van der Waals surface area contributed by atoms with Crippen molar-refractivity contribution in [3.63, 3.8) is 0 Å². The van der Waals surface area contributed by atoms with Gasteiger partial charge in [-0.3, -0.25) is 9.59 Å². The van der Waals surface area contributed by atoms with Crippen LogP contribution in [-0.4, -0.2) is 43.5 Å². The molecule has 164 valence electrons. The van der Waals surface area contributed by atoms with Gasteiger partial charge in [0.1, 0.15) is 5.75 Å². The number of nitrogens with zero attached hydrogens (tertiary/aromatic N) is 1. The number of nitrogens with one attached hydrogen (secondary N) is 1. The van der Waals surface area contributed by atoms with E-state index in [1.54, 1.807) is 7.11 Å². The Hall–Kier alpha value is -2.82.